The van der Waals surface area contributed by atoms with E-state index in [2.05, 4.69) is 10.6 Å². The van der Waals surface area contributed by atoms with Crippen molar-refractivity contribution in [3.8, 4) is 0 Å². The molecule has 3 heterocycles. The summed E-state index contributed by atoms with van der Waals surface area (Å²) in [6, 6.07) is 8.18. The third-order valence-electron chi connectivity index (χ3n) is 8.27. The summed E-state index contributed by atoms with van der Waals surface area (Å²) in [4.78, 5) is 43.2. The number of amides is 3. The summed E-state index contributed by atoms with van der Waals surface area (Å²) >= 11 is 0. The second-order valence-electron chi connectivity index (χ2n) is 12.0. The van der Waals surface area contributed by atoms with Crippen LogP contribution in [0, 0.1) is 17.8 Å². The number of rotatable bonds is 8. The number of hydrogen-bond donors (Lipinski definition) is 3. The first kappa shape index (κ1) is 26.6. The smallest absolute Gasteiger partial charge is 0.246 e. The van der Waals surface area contributed by atoms with Gasteiger partial charge in [0.15, 0.2) is 0 Å². The molecule has 36 heavy (non-hydrogen) atoms. The van der Waals surface area contributed by atoms with Crippen molar-refractivity contribution in [2.45, 2.75) is 96.2 Å². The van der Waals surface area contributed by atoms with Gasteiger partial charge >= 0.3 is 0 Å². The Kier molecular flexibility index (Phi) is 6.99. The van der Waals surface area contributed by atoms with Crippen molar-refractivity contribution in [1.82, 2.24) is 15.5 Å². The van der Waals surface area contributed by atoms with Gasteiger partial charge in [0.25, 0.3) is 0 Å². The van der Waals surface area contributed by atoms with Crippen molar-refractivity contribution < 1.29 is 24.2 Å². The molecular weight excluding hydrogens is 458 g/mol. The van der Waals surface area contributed by atoms with E-state index in [1.807, 2.05) is 71.9 Å². The van der Waals surface area contributed by atoms with Crippen molar-refractivity contribution in [2.75, 3.05) is 6.61 Å². The number of ether oxygens (including phenoxy) is 1. The van der Waals surface area contributed by atoms with Crippen LogP contribution in [0.1, 0.15) is 66.4 Å². The van der Waals surface area contributed by atoms with Crippen LogP contribution < -0.4 is 10.6 Å². The fraction of sp³-hybridized carbons (Fsp3) is 0.679. The molecular formula is C28H41N3O5. The minimum atomic E-state index is -1.10. The number of nitrogens with zero attached hydrogens (tertiary/aromatic N) is 1. The molecule has 6 atom stereocenters. The molecule has 0 aromatic heterocycles. The predicted molar refractivity (Wildman–Crippen MR) is 136 cm³/mol. The number of carbonyl (C=O) groups excluding carboxylic acids is 3. The van der Waals surface area contributed by atoms with Gasteiger partial charge in [-0.05, 0) is 51.5 Å². The standard InChI is InChI=1S/C28H41N3O5/c1-7-27-13-14-28(36-27)21(20(27)23(33)29-15-18-11-9-8-10-12-18)25(35)31(19(16-32)17(2)3)22(28)24(34)30-26(4,5)6/h8-12,17,19-22,32H,7,13-16H2,1-6H3,(H,29,33)(H,30,34)/t19-,20-,21-,22?,27+,28?/m0/s1. The molecule has 0 radical (unpaired) electrons. The van der Waals surface area contributed by atoms with Gasteiger partial charge < -0.3 is 25.4 Å². The summed E-state index contributed by atoms with van der Waals surface area (Å²) in [5.74, 6) is -2.34. The lowest BCUT2D eigenvalue weighted by Gasteiger charge is -2.39. The molecule has 8 nitrogen and oxygen atoms in total. The number of aliphatic hydroxyl groups excluding tert-OH is 1. The third-order valence-corrected chi connectivity index (χ3v) is 8.27. The zero-order valence-electron chi connectivity index (χ0n) is 22.3. The van der Waals surface area contributed by atoms with Gasteiger partial charge in [0, 0.05) is 12.1 Å². The minimum absolute atomic E-state index is 0.0817. The van der Waals surface area contributed by atoms with Crippen LogP contribution in [-0.2, 0) is 25.7 Å². The van der Waals surface area contributed by atoms with E-state index in [9.17, 15) is 19.5 Å². The van der Waals surface area contributed by atoms with Gasteiger partial charge in [-0.15, -0.1) is 0 Å². The molecule has 3 amide bonds. The van der Waals surface area contributed by atoms with Gasteiger partial charge in [0.2, 0.25) is 17.7 Å². The molecule has 2 bridgehead atoms. The molecule has 3 aliphatic rings. The van der Waals surface area contributed by atoms with Crippen LogP contribution in [0.3, 0.4) is 0 Å². The minimum Gasteiger partial charge on any atom is -0.394 e. The fourth-order valence-corrected chi connectivity index (χ4v) is 6.66. The van der Waals surface area contributed by atoms with Gasteiger partial charge in [-0.3, -0.25) is 14.4 Å². The maximum Gasteiger partial charge on any atom is 0.246 e. The first-order valence-corrected chi connectivity index (χ1v) is 13.2. The average Bonchev–Trinajstić information content (AvgIpc) is 3.41. The van der Waals surface area contributed by atoms with Gasteiger partial charge in [0.05, 0.1) is 30.1 Å². The molecule has 3 aliphatic heterocycles. The van der Waals surface area contributed by atoms with Crippen molar-refractivity contribution in [3.63, 3.8) is 0 Å². The van der Waals surface area contributed by atoms with E-state index in [-0.39, 0.29) is 30.2 Å². The Labute approximate surface area is 214 Å². The molecule has 2 unspecified atom stereocenters. The highest BCUT2D eigenvalue weighted by Gasteiger charge is 2.79. The van der Waals surface area contributed by atoms with E-state index < -0.39 is 40.7 Å². The highest BCUT2D eigenvalue weighted by molar-refractivity contribution is 5.99. The van der Waals surface area contributed by atoms with Crippen LogP contribution in [0.15, 0.2) is 30.3 Å². The summed E-state index contributed by atoms with van der Waals surface area (Å²) in [5.41, 5.74) is -1.44. The van der Waals surface area contributed by atoms with Crippen LogP contribution >= 0.6 is 0 Å². The van der Waals surface area contributed by atoms with Gasteiger partial charge in [-0.2, -0.15) is 0 Å². The maximum atomic E-state index is 14.2. The maximum absolute atomic E-state index is 14.2. The van der Waals surface area contributed by atoms with Crippen LogP contribution in [0.4, 0.5) is 0 Å². The van der Waals surface area contributed by atoms with Crippen LogP contribution in [0.5, 0.6) is 0 Å². The van der Waals surface area contributed by atoms with E-state index >= 15 is 0 Å². The molecule has 3 fully saturated rings. The molecule has 198 valence electrons. The highest BCUT2D eigenvalue weighted by atomic mass is 16.5. The van der Waals surface area contributed by atoms with Crippen molar-refractivity contribution in [2.24, 2.45) is 17.8 Å². The zero-order chi connectivity index (χ0) is 26.5. The van der Waals surface area contributed by atoms with E-state index in [1.54, 1.807) is 4.90 Å². The Balaban J connectivity index is 1.74. The van der Waals surface area contributed by atoms with Crippen LogP contribution in [-0.4, -0.2) is 63.2 Å². The van der Waals surface area contributed by atoms with Crippen LogP contribution in [0.25, 0.3) is 0 Å². The van der Waals surface area contributed by atoms with Crippen molar-refractivity contribution in [3.05, 3.63) is 35.9 Å². The van der Waals surface area contributed by atoms with Crippen LogP contribution in [0.2, 0.25) is 0 Å². The Hall–Kier alpha value is -2.45. The van der Waals surface area contributed by atoms with Gasteiger partial charge in [-0.25, -0.2) is 0 Å². The summed E-state index contributed by atoms with van der Waals surface area (Å²) in [5, 5.41) is 16.4. The summed E-state index contributed by atoms with van der Waals surface area (Å²) in [6.45, 7) is 11.6. The molecule has 0 aliphatic carbocycles. The first-order chi connectivity index (χ1) is 16.9. The normalized spacial score (nSPS) is 32.1. The Morgan fingerprint density at radius 1 is 1.17 bits per heavy atom. The lowest BCUT2D eigenvalue weighted by molar-refractivity contribution is -0.152. The SMILES string of the molecule is CC[C@]12CCC3(O1)C(C(=O)NC(C)(C)C)N([C@@H](CO)C(C)C)C(=O)[C@@H]3[C@H]2C(=O)NCc1ccccc1. The monoisotopic (exact) mass is 499 g/mol. The molecule has 0 saturated carbocycles. The average molecular weight is 500 g/mol. The number of hydrogen-bond acceptors (Lipinski definition) is 5. The lowest BCUT2D eigenvalue weighted by Crippen LogP contribution is -2.61. The Bertz CT molecular complexity index is 1010. The summed E-state index contributed by atoms with van der Waals surface area (Å²) in [7, 11) is 0. The van der Waals surface area contributed by atoms with E-state index in [0.29, 0.717) is 25.8 Å². The van der Waals surface area contributed by atoms with Gasteiger partial charge in [-0.1, -0.05) is 51.1 Å². The highest BCUT2D eigenvalue weighted by Crippen LogP contribution is 2.64. The summed E-state index contributed by atoms with van der Waals surface area (Å²) in [6.07, 6.45) is 1.70. The fourth-order valence-electron chi connectivity index (χ4n) is 6.66. The molecule has 3 saturated heterocycles. The zero-order valence-corrected chi connectivity index (χ0v) is 22.3. The Morgan fingerprint density at radius 2 is 1.83 bits per heavy atom. The molecule has 1 aromatic rings. The number of aliphatic hydroxyl groups is 1. The second-order valence-corrected chi connectivity index (χ2v) is 12.0. The topological polar surface area (TPSA) is 108 Å². The third kappa shape index (κ3) is 4.22. The first-order valence-electron chi connectivity index (χ1n) is 13.2. The van der Waals surface area contributed by atoms with E-state index in [0.717, 1.165) is 5.56 Å². The largest absolute Gasteiger partial charge is 0.394 e. The van der Waals surface area contributed by atoms with Gasteiger partial charge in [0.1, 0.15) is 11.6 Å². The molecule has 4 rings (SSSR count). The number of likely N-dealkylation sites (tertiary alicyclic amines) is 1. The summed E-state index contributed by atoms with van der Waals surface area (Å²) < 4.78 is 6.76. The molecule has 1 aromatic carbocycles. The second kappa shape index (κ2) is 9.45. The quantitative estimate of drug-likeness (QED) is 0.509. The molecule has 1 spiro atoms. The predicted octanol–water partition coefficient (Wildman–Crippen LogP) is 2.39. The number of carbonyl (C=O) groups is 3. The number of nitrogens with one attached hydrogen (secondary N) is 2. The van der Waals surface area contributed by atoms with E-state index in [4.69, 9.17) is 4.74 Å². The number of benzene rings is 1. The molecule has 8 heteroatoms. The van der Waals surface area contributed by atoms with Crippen molar-refractivity contribution >= 4 is 17.7 Å². The van der Waals surface area contributed by atoms with Crippen molar-refractivity contribution in [1.29, 1.82) is 0 Å². The molecule has 3 N–H and O–H groups in total. The number of fused-ring (bicyclic) bond motifs is 1. The lowest BCUT2D eigenvalue weighted by atomic mass is 9.65. The Morgan fingerprint density at radius 3 is 2.39 bits per heavy atom. The van der Waals surface area contributed by atoms with E-state index in [1.165, 1.54) is 0 Å².